The molecule has 0 fully saturated rings. The minimum atomic E-state index is -3.84. The van der Waals surface area contributed by atoms with Crippen molar-refractivity contribution in [1.82, 2.24) is 4.72 Å². The Hall–Kier alpha value is -3.39. The summed E-state index contributed by atoms with van der Waals surface area (Å²) in [4.78, 5) is 4.37. The highest BCUT2D eigenvalue weighted by Crippen LogP contribution is 2.37. The van der Waals surface area contributed by atoms with Gasteiger partial charge in [-0.05, 0) is 54.8 Å². The molecule has 0 aromatic heterocycles. The number of hydrogen-bond donors (Lipinski definition) is 2. The van der Waals surface area contributed by atoms with E-state index in [0.717, 1.165) is 5.56 Å². The summed E-state index contributed by atoms with van der Waals surface area (Å²) >= 11 is 0. The topological polar surface area (TPSA) is 79.8 Å². The Balaban J connectivity index is 1.69. The van der Waals surface area contributed by atoms with Crippen LogP contribution < -0.4 is 14.8 Å². The summed E-state index contributed by atoms with van der Waals surface area (Å²) in [6, 6.07) is 17.0. The molecule has 4 rings (SSSR count). The number of halogens is 1. The summed E-state index contributed by atoms with van der Waals surface area (Å²) in [5.74, 6) is 0.704. The van der Waals surface area contributed by atoms with Crippen LogP contribution in [0.4, 0.5) is 10.1 Å². The molecule has 0 bridgehead atoms. The molecule has 0 unspecified atom stereocenters. The largest absolute Gasteiger partial charge is 0.455 e. The van der Waals surface area contributed by atoms with E-state index in [1.165, 1.54) is 12.1 Å². The van der Waals surface area contributed by atoms with E-state index in [2.05, 4.69) is 15.0 Å². The van der Waals surface area contributed by atoms with Crippen LogP contribution in [0.25, 0.3) is 0 Å². The Morgan fingerprint density at radius 2 is 1.70 bits per heavy atom. The van der Waals surface area contributed by atoms with Gasteiger partial charge in [-0.1, -0.05) is 36.4 Å². The van der Waals surface area contributed by atoms with Gasteiger partial charge in [-0.15, -0.1) is 0 Å². The van der Waals surface area contributed by atoms with Gasteiger partial charge in [-0.25, -0.2) is 22.5 Å². The predicted octanol–water partition coefficient (Wildman–Crippen LogP) is 4.49. The second-order valence-corrected chi connectivity index (χ2v) is 8.57. The number of rotatable bonds is 4. The van der Waals surface area contributed by atoms with Gasteiger partial charge in [-0.3, -0.25) is 0 Å². The number of aryl methyl sites for hydroxylation is 1. The minimum absolute atomic E-state index is 0.0481. The number of para-hydroxylation sites is 2. The van der Waals surface area contributed by atoms with Crippen LogP contribution in [0, 0.1) is 19.7 Å². The van der Waals surface area contributed by atoms with Gasteiger partial charge in [0.05, 0.1) is 6.54 Å². The molecule has 8 heteroatoms. The third-order valence-corrected chi connectivity index (χ3v) is 6.23. The molecule has 6 nitrogen and oxygen atoms in total. The van der Waals surface area contributed by atoms with Gasteiger partial charge < -0.3 is 10.1 Å². The third kappa shape index (κ3) is 3.86. The first-order chi connectivity index (χ1) is 14.3. The van der Waals surface area contributed by atoms with Crippen LogP contribution in [0.2, 0.25) is 0 Å². The zero-order chi connectivity index (χ0) is 21.3. The van der Waals surface area contributed by atoms with Gasteiger partial charge >= 0.3 is 0 Å². The van der Waals surface area contributed by atoms with Crippen molar-refractivity contribution in [2.24, 2.45) is 4.99 Å². The molecular weight excluding hydrogens is 405 g/mol. The number of ether oxygens (including phenoxy) is 1. The summed E-state index contributed by atoms with van der Waals surface area (Å²) in [7, 11) is -3.84. The molecule has 3 aromatic rings. The van der Waals surface area contributed by atoms with E-state index >= 15 is 0 Å². The smallest absolute Gasteiger partial charge is 0.266 e. The fraction of sp³-hybridized carbons (Fsp3) is 0.136. The second kappa shape index (κ2) is 7.79. The normalized spacial score (nSPS) is 15.8. The molecule has 2 N–H and O–H groups in total. The van der Waals surface area contributed by atoms with Gasteiger partial charge in [0.15, 0.2) is 5.75 Å². The minimum Gasteiger partial charge on any atom is -0.455 e. The fourth-order valence-electron chi connectivity index (χ4n) is 3.12. The van der Waals surface area contributed by atoms with Crippen molar-refractivity contribution in [3.63, 3.8) is 0 Å². The van der Waals surface area contributed by atoms with E-state index in [1.807, 2.05) is 31.2 Å². The standard InChI is InChI=1S/C22H20FN3O3S/c1-14-7-3-4-10-18(14)29-19-11-6-12-20-21(19)25-22(26-30(20,27)28)24-13-16-8-5-9-17(23)15(16)2/h3-12H,13H2,1-2H3,(H2,24,25,26). The van der Waals surface area contributed by atoms with Crippen LogP contribution in [0.15, 0.2) is 70.6 Å². The molecule has 0 radical (unpaired) electrons. The molecule has 0 saturated heterocycles. The molecule has 0 atom stereocenters. The number of hydrogen-bond acceptors (Lipinski definition) is 4. The average Bonchev–Trinajstić information content (AvgIpc) is 2.71. The lowest BCUT2D eigenvalue weighted by molar-refractivity contribution is 0.479. The number of nitrogens with one attached hydrogen (secondary N) is 2. The van der Waals surface area contributed by atoms with Crippen LogP contribution in [0.1, 0.15) is 16.7 Å². The Labute approximate surface area is 174 Å². The molecule has 154 valence electrons. The summed E-state index contributed by atoms with van der Waals surface area (Å²) in [5, 5.41) is 3.01. The van der Waals surface area contributed by atoms with E-state index in [0.29, 0.717) is 28.3 Å². The van der Waals surface area contributed by atoms with Crippen molar-refractivity contribution in [1.29, 1.82) is 0 Å². The van der Waals surface area contributed by atoms with Crippen molar-refractivity contribution < 1.29 is 17.5 Å². The van der Waals surface area contributed by atoms with Crippen LogP contribution in [0.5, 0.6) is 11.5 Å². The fourth-order valence-corrected chi connectivity index (χ4v) is 4.28. The Kier molecular flexibility index (Phi) is 5.17. The molecular formula is C22H20FN3O3S. The number of sulfonamides is 1. The zero-order valence-corrected chi connectivity index (χ0v) is 17.3. The number of guanidine groups is 1. The monoisotopic (exact) mass is 425 g/mol. The van der Waals surface area contributed by atoms with Crippen molar-refractivity contribution >= 4 is 21.7 Å². The number of benzene rings is 3. The van der Waals surface area contributed by atoms with E-state index < -0.39 is 10.0 Å². The second-order valence-electron chi connectivity index (χ2n) is 6.92. The summed E-state index contributed by atoms with van der Waals surface area (Å²) in [5.41, 5.74) is 2.36. The average molecular weight is 425 g/mol. The molecule has 0 saturated carbocycles. The number of anilines is 1. The van der Waals surface area contributed by atoms with Gasteiger partial charge in [-0.2, -0.15) is 0 Å². The van der Waals surface area contributed by atoms with Gasteiger partial charge in [0, 0.05) is 0 Å². The van der Waals surface area contributed by atoms with Crippen LogP contribution >= 0.6 is 0 Å². The van der Waals surface area contributed by atoms with Gasteiger partial charge in [0.1, 0.15) is 22.1 Å². The Bertz CT molecular complexity index is 1260. The van der Waals surface area contributed by atoms with Crippen LogP contribution in [-0.2, 0) is 16.6 Å². The predicted molar refractivity (Wildman–Crippen MR) is 114 cm³/mol. The van der Waals surface area contributed by atoms with Crippen molar-refractivity contribution in [3.8, 4) is 11.5 Å². The molecule has 0 aliphatic carbocycles. The Morgan fingerprint density at radius 1 is 0.967 bits per heavy atom. The first kappa shape index (κ1) is 19.9. The lowest BCUT2D eigenvalue weighted by Crippen LogP contribution is -2.40. The van der Waals surface area contributed by atoms with E-state index in [-0.39, 0.29) is 23.2 Å². The number of fused-ring (bicyclic) bond motifs is 1. The molecule has 1 heterocycles. The summed E-state index contributed by atoms with van der Waals surface area (Å²) in [6.07, 6.45) is 0. The maximum Gasteiger partial charge on any atom is 0.266 e. The first-order valence-electron chi connectivity index (χ1n) is 9.30. The number of aliphatic imine (C=N–C) groups is 1. The van der Waals surface area contributed by atoms with Crippen molar-refractivity contribution in [2.75, 3.05) is 5.32 Å². The zero-order valence-electron chi connectivity index (χ0n) is 16.4. The lowest BCUT2D eigenvalue weighted by atomic mass is 10.1. The third-order valence-electron chi connectivity index (χ3n) is 4.85. The lowest BCUT2D eigenvalue weighted by Gasteiger charge is -2.24. The maximum absolute atomic E-state index is 13.8. The SMILES string of the molecule is Cc1ccccc1Oc1cccc2c1NC(=NCc1cccc(F)c1C)NS2(=O)=O. The molecule has 3 aromatic carbocycles. The van der Waals surface area contributed by atoms with Gasteiger partial charge in [0.2, 0.25) is 5.96 Å². The summed E-state index contributed by atoms with van der Waals surface area (Å²) in [6.45, 7) is 3.68. The Morgan fingerprint density at radius 3 is 2.50 bits per heavy atom. The molecule has 0 spiro atoms. The molecule has 0 amide bonds. The quantitative estimate of drug-likeness (QED) is 0.645. The van der Waals surface area contributed by atoms with Crippen molar-refractivity contribution in [3.05, 3.63) is 83.2 Å². The highest BCUT2D eigenvalue weighted by molar-refractivity contribution is 7.90. The highest BCUT2D eigenvalue weighted by atomic mass is 32.2. The highest BCUT2D eigenvalue weighted by Gasteiger charge is 2.29. The van der Waals surface area contributed by atoms with E-state index in [4.69, 9.17) is 4.74 Å². The van der Waals surface area contributed by atoms with Crippen LogP contribution in [0.3, 0.4) is 0 Å². The van der Waals surface area contributed by atoms with Crippen molar-refractivity contribution in [2.45, 2.75) is 25.3 Å². The summed E-state index contributed by atoms with van der Waals surface area (Å²) < 4.78 is 47.7. The van der Waals surface area contributed by atoms with E-state index in [9.17, 15) is 12.8 Å². The van der Waals surface area contributed by atoms with Gasteiger partial charge in [0.25, 0.3) is 10.0 Å². The molecule has 1 aliphatic rings. The molecule has 30 heavy (non-hydrogen) atoms. The first-order valence-corrected chi connectivity index (χ1v) is 10.8. The maximum atomic E-state index is 13.8. The number of nitrogens with zero attached hydrogens (tertiary/aromatic N) is 1. The van der Waals surface area contributed by atoms with Crippen LogP contribution in [-0.4, -0.2) is 14.4 Å². The van der Waals surface area contributed by atoms with E-state index in [1.54, 1.807) is 31.2 Å². The molecule has 1 aliphatic heterocycles.